The third-order valence-corrected chi connectivity index (χ3v) is 5.69. The number of anilines is 1. The molecule has 7 heteroatoms. The zero-order valence-electron chi connectivity index (χ0n) is 16.6. The number of aromatic nitrogens is 2. The zero-order chi connectivity index (χ0) is 20.4. The van der Waals surface area contributed by atoms with Crippen LogP contribution in [0.4, 0.5) is 5.69 Å². The average molecular weight is 409 g/mol. The SMILES string of the molecule is COC(=O)c1ccccc1NC(=S)N1CCCC(c2nc3ccc(C)cc3[nH]2)C1. The maximum Gasteiger partial charge on any atom is 0.339 e. The molecule has 3 aromatic rings. The highest BCUT2D eigenvalue weighted by molar-refractivity contribution is 7.80. The molecule has 2 N–H and O–H groups in total. The topological polar surface area (TPSA) is 70.2 Å². The summed E-state index contributed by atoms with van der Waals surface area (Å²) in [4.78, 5) is 22.4. The molecule has 0 radical (unpaired) electrons. The quantitative estimate of drug-likeness (QED) is 0.499. The van der Waals surface area contributed by atoms with Gasteiger partial charge in [-0.15, -0.1) is 0 Å². The number of para-hydroxylation sites is 1. The maximum absolute atomic E-state index is 12.0. The van der Waals surface area contributed by atoms with Gasteiger partial charge >= 0.3 is 5.97 Å². The van der Waals surface area contributed by atoms with Gasteiger partial charge in [-0.1, -0.05) is 18.2 Å². The standard InChI is InChI=1S/C22H24N4O2S/c1-14-9-10-18-19(12-14)24-20(23-18)15-6-5-11-26(13-15)22(29)25-17-8-4-3-7-16(17)21(27)28-2/h3-4,7-10,12,15H,5-6,11,13H2,1-2H3,(H,23,24)(H,25,29). The number of H-pyrrole nitrogens is 1. The molecule has 0 bridgehead atoms. The molecule has 1 atom stereocenters. The number of nitrogens with one attached hydrogen (secondary N) is 2. The molecule has 1 aromatic heterocycles. The number of piperidine rings is 1. The fourth-order valence-electron chi connectivity index (χ4n) is 3.80. The van der Waals surface area contributed by atoms with Gasteiger partial charge in [-0.25, -0.2) is 9.78 Å². The van der Waals surface area contributed by atoms with E-state index in [1.165, 1.54) is 12.7 Å². The number of nitrogens with zero attached hydrogens (tertiary/aromatic N) is 2. The molecule has 29 heavy (non-hydrogen) atoms. The molecule has 1 saturated heterocycles. The molecule has 0 spiro atoms. The van der Waals surface area contributed by atoms with Crippen LogP contribution in [0.5, 0.6) is 0 Å². The van der Waals surface area contributed by atoms with Gasteiger partial charge in [0.25, 0.3) is 0 Å². The number of carbonyl (C=O) groups is 1. The van der Waals surface area contributed by atoms with Crippen LogP contribution in [0.2, 0.25) is 0 Å². The summed E-state index contributed by atoms with van der Waals surface area (Å²) in [5.41, 5.74) is 4.41. The van der Waals surface area contributed by atoms with E-state index in [1.54, 1.807) is 12.1 Å². The lowest BCUT2D eigenvalue weighted by Gasteiger charge is -2.34. The summed E-state index contributed by atoms with van der Waals surface area (Å²) in [5.74, 6) is 0.908. The van der Waals surface area contributed by atoms with Crippen LogP contribution in [-0.4, -0.2) is 46.1 Å². The van der Waals surface area contributed by atoms with Crippen molar-refractivity contribution in [1.82, 2.24) is 14.9 Å². The fourth-order valence-corrected chi connectivity index (χ4v) is 4.07. The number of ether oxygens (including phenoxy) is 1. The third kappa shape index (κ3) is 4.10. The normalized spacial score (nSPS) is 16.6. The number of benzene rings is 2. The van der Waals surface area contributed by atoms with Gasteiger partial charge in [-0.2, -0.15) is 0 Å². The molecule has 4 rings (SSSR count). The van der Waals surface area contributed by atoms with Crippen molar-refractivity contribution in [3.05, 3.63) is 59.4 Å². The van der Waals surface area contributed by atoms with Crippen LogP contribution < -0.4 is 5.32 Å². The first-order valence-corrected chi connectivity index (χ1v) is 10.2. The first-order chi connectivity index (χ1) is 14.0. The van der Waals surface area contributed by atoms with Crippen molar-refractivity contribution in [3.8, 4) is 0 Å². The van der Waals surface area contributed by atoms with E-state index in [0.29, 0.717) is 16.4 Å². The Labute approximate surface area is 175 Å². The van der Waals surface area contributed by atoms with Crippen molar-refractivity contribution >= 4 is 40.0 Å². The Morgan fingerprint density at radius 2 is 2.14 bits per heavy atom. The van der Waals surface area contributed by atoms with Crippen LogP contribution in [0.15, 0.2) is 42.5 Å². The van der Waals surface area contributed by atoms with Gasteiger partial charge in [0.15, 0.2) is 5.11 Å². The minimum Gasteiger partial charge on any atom is -0.465 e. The van der Waals surface area contributed by atoms with Crippen LogP contribution in [0.1, 0.15) is 40.5 Å². The Morgan fingerprint density at radius 1 is 1.31 bits per heavy atom. The smallest absolute Gasteiger partial charge is 0.339 e. The number of carbonyl (C=O) groups excluding carboxylic acids is 1. The molecule has 1 unspecified atom stereocenters. The number of imidazole rings is 1. The number of hydrogen-bond acceptors (Lipinski definition) is 4. The van der Waals surface area contributed by atoms with Crippen LogP contribution >= 0.6 is 12.2 Å². The van der Waals surface area contributed by atoms with E-state index in [-0.39, 0.29) is 11.9 Å². The highest BCUT2D eigenvalue weighted by Gasteiger charge is 2.26. The van der Waals surface area contributed by atoms with E-state index in [4.69, 9.17) is 21.9 Å². The zero-order valence-corrected chi connectivity index (χ0v) is 17.4. The van der Waals surface area contributed by atoms with Crippen molar-refractivity contribution in [2.45, 2.75) is 25.7 Å². The van der Waals surface area contributed by atoms with E-state index < -0.39 is 0 Å². The number of aryl methyl sites for hydroxylation is 1. The van der Waals surface area contributed by atoms with Crippen LogP contribution in [0.25, 0.3) is 11.0 Å². The molecule has 0 amide bonds. The Kier molecular flexibility index (Phi) is 5.49. The maximum atomic E-state index is 12.0. The number of fused-ring (bicyclic) bond motifs is 1. The molecule has 2 aromatic carbocycles. The monoisotopic (exact) mass is 408 g/mol. The average Bonchev–Trinajstić information content (AvgIpc) is 3.17. The molecule has 0 aliphatic carbocycles. The molecular weight excluding hydrogens is 384 g/mol. The number of hydrogen-bond donors (Lipinski definition) is 2. The minimum atomic E-state index is -0.384. The van der Waals surface area contributed by atoms with Gasteiger partial charge in [0.2, 0.25) is 0 Å². The van der Waals surface area contributed by atoms with Crippen LogP contribution in [0, 0.1) is 6.92 Å². The van der Waals surface area contributed by atoms with Crippen molar-refractivity contribution in [2.24, 2.45) is 0 Å². The molecular formula is C22H24N4O2S. The van der Waals surface area contributed by atoms with Gasteiger partial charge in [-0.3, -0.25) is 0 Å². The minimum absolute atomic E-state index is 0.284. The fraction of sp³-hybridized carbons (Fsp3) is 0.318. The largest absolute Gasteiger partial charge is 0.465 e. The number of methoxy groups -OCH3 is 1. The van der Waals surface area contributed by atoms with E-state index in [2.05, 4.69) is 40.3 Å². The van der Waals surface area contributed by atoms with Crippen molar-refractivity contribution in [2.75, 3.05) is 25.5 Å². The van der Waals surface area contributed by atoms with Crippen LogP contribution in [-0.2, 0) is 4.74 Å². The Hall–Kier alpha value is -2.93. The van der Waals surface area contributed by atoms with Gasteiger partial charge in [-0.05, 0) is 61.8 Å². The summed E-state index contributed by atoms with van der Waals surface area (Å²) in [6.07, 6.45) is 2.10. The predicted octanol–water partition coefficient (Wildman–Crippen LogP) is 4.23. The van der Waals surface area contributed by atoms with Crippen molar-refractivity contribution in [3.63, 3.8) is 0 Å². The molecule has 1 fully saturated rings. The lowest BCUT2D eigenvalue weighted by atomic mass is 9.98. The number of thiocarbonyl (C=S) groups is 1. The van der Waals surface area contributed by atoms with E-state index >= 15 is 0 Å². The Bertz CT molecular complexity index is 1060. The summed E-state index contributed by atoms with van der Waals surface area (Å²) in [7, 11) is 1.38. The van der Waals surface area contributed by atoms with Crippen molar-refractivity contribution < 1.29 is 9.53 Å². The summed E-state index contributed by atoms with van der Waals surface area (Å²) < 4.78 is 4.87. The van der Waals surface area contributed by atoms with E-state index in [9.17, 15) is 4.79 Å². The number of likely N-dealkylation sites (tertiary alicyclic amines) is 1. The molecule has 2 heterocycles. The molecule has 1 aliphatic rings. The highest BCUT2D eigenvalue weighted by Crippen LogP contribution is 2.28. The summed E-state index contributed by atoms with van der Waals surface area (Å²) in [6.45, 7) is 3.74. The number of aromatic amines is 1. The third-order valence-electron chi connectivity index (χ3n) is 5.32. The molecule has 150 valence electrons. The van der Waals surface area contributed by atoms with Gasteiger partial charge in [0.05, 0.1) is 29.4 Å². The lowest BCUT2D eigenvalue weighted by molar-refractivity contribution is 0.0602. The summed E-state index contributed by atoms with van der Waals surface area (Å²) in [5, 5.41) is 3.84. The first-order valence-electron chi connectivity index (χ1n) is 9.74. The van der Waals surface area contributed by atoms with E-state index in [1.807, 2.05) is 12.1 Å². The van der Waals surface area contributed by atoms with Crippen molar-refractivity contribution in [1.29, 1.82) is 0 Å². The van der Waals surface area contributed by atoms with E-state index in [0.717, 1.165) is 42.8 Å². The molecule has 1 aliphatic heterocycles. The number of esters is 1. The highest BCUT2D eigenvalue weighted by atomic mass is 32.1. The first kappa shape index (κ1) is 19.4. The molecule has 6 nitrogen and oxygen atoms in total. The van der Waals surface area contributed by atoms with Crippen LogP contribution in [0.3, 0.4) is 0 Å². The second-order valence-corrected chi connectivity index (χ2v) is 7.78. The summed E-state index contributed by atoms with van der Waals surface area (Å²) in [6, 6.07) is 13.5. The number of rotatable bonds is 3. The summed E-state index contributed by atoms with van der Waals surface area (Å²) >= 11 is 5.65. The lowest BCUT2D eigenvalue weighted by Crippen LogP contribution is -2.41. The van der Waals surface area contributed by atoms with Gasteiger partial charge in [0, 0.05) is 19.0 Å². The second-order valence-electron chi connectivity index (χ2n) is 7.40. The molecule has 0 saturated carbocycles. The predicted molar refractivity (Wildman–Crippen MR) is 118 cm³/mol. The Balaban J connectivity index is 1.49. The second kappa shape index (κ2) is 8.21. The van der Waals surface area contributed by atoms with Gasteiger partial charge in [0.1, 0.15) is 5.82 Å². The van der Waals surface area contributed by atoms with Gasteiger partial charge < -0.3 is 19.9 Å². The Morgan fingerprint density at radius 3 is 2.97 bits per heavy atom.